The van der Waals surface area contributed by atoms with Gasteiger partial charge >= 0.3 is 0 Å². The van der Waals surface area contributed by atoms with Crippen LogP contribution in [0.3, 0.4) is 0 Å². The van der Waals surface area contributed by atoms with Gasteiger partial charge in [0.2, 0.25) is 5.91 Å². The van der Waals surface area contributed by atoms with Crippen LogP contribution in [-0.4, -0.2) is 49.7 Å². The maximum Gasteiger partial charge on any atom is 0.253 e. The number of amides is 1. The molecule has 1 aliphatic heterocycles. The Bertz CT molecular complexity index is 566. The largest absolute Gasteiger partial charge is 0.338 e. The van der Waals surface area contributed by atoms with Gasteiger partial charge in [-0.05, 0) is 17.9 Å². The molecular weight excluding hydrogens is 284 g/mol. The second-order valence-corrected chi connectivity index (χ2v) is 7.50. The Morgan fingerprint density at radius 2 is 2.37 bits per heavy atom. The number of sulfonamides is 1. The molecule has 0 bridgehead atoms. The first kappa shape index (κ1) is 14.2. The Hall–Kier alpha value is -1.18. The number of carbonyl (C=O) groups is 1. The molecule has 1 aliphatic rings. The molecule has 5 nitrogen and oxygen atoms in total. The van der Waals surface area contributed by atoms with Crippen molar-refractivity contribution in [2.24, 2.45) is 0 Å². The zero-order chi connectivity index (χ0) is 14.0. The van der Waals surface area contributed by atoms with Gasteiger partial charge in [-0.25, -0.2) is 8.42 Å². The van der Waals surface area contributed by atoms with Gasteiger partial charge in [-0.1, -0.05) is 12.1 Å². The lowest BCUT2D eigenvalue weighted by Crippen LogP contribution is -2.42. The molecule has 0 aromatic carbocycles. The van der Waals surface area contributed by atoms with Gasteiger partial charge in [0.1, 0.15) is 10.3 Å². The number of hydrogen-bond acceptors (Lipinski definition) is 4. The highest BCUT2D eigenvalue weighted by Gasteiger charge is 2.39. The highest BCUT2D eigenvalue weighted by Crippen LogP contribution is 2.25. The van der Waals surface area contributed by atoms with Gasteiger partial charge < -0.3 is 4.90 Å². The lowest BCUT2D eigenvalue weighted by Gasteiger charge is -2.22. The molecule has 1 unspecified atom stereocenters. The van der Waals surface area contributed by atoms with Crippen LogP contribution in [0.5, 0.6) is 0 Å². The number of rotatable bonds is 5. The van der Waals surface area contributed by atoms with Gasteiger partial charge in [0.25, 0.3) is 10.0 Å². The van der Waals surface area contributed by atoms with Crippen molar-refractivity contribution in [3.8, 4) is 0 Å². The van der Waals surface area contributed by atoms with Gasteiger partial charge in [-0.15, -0.1) is 17.9 Å². The van der Waals surface area contributed by atoms with Gasteiger partial charge in [0.05, 0.1) is 0 Å². The van der Waals surface area contributed by atoms with Crippen molar-refractivity contribution in [2.75, 3.05) is 20.1 Å². The lowest BCUT2D eigenvalue weighted by molar-refractivity contribution is -0.130. The fourth-order valence-electron chi connectivity index (χ4n) is 2.12. The molecule has 19 heavy (non-hydrogen) atoms. The first-order valence-corrected chi connectivity index (χ1v) is 8.21. The third-order valence-corrected chi connectivity index (χ3v) is 6.43. The van der Waals surface area contributed by atoms with Gasteiger partial charge in [-0.2, -0.15) is 4.31 Å². The average molecular weight is 300 g/mol. The maximum atomic E-state index is 12.3. The summed E-state index contributed by atoms with van der Waals surface area (Å²) in [5.41, 5.74) is 0. The summed E-state index contributed by atoms with van der Waals surface area (Å²) in [4.78, 5) is 13.8. The van der Waals surface area contributed by atoms with Crippen molar-refractivity contribution in [3.05, 3.63) is 30.2 Å². The maximum absolute atomic E-state index is 12.3. The van der Waals surface area contributed by atoms with Gasteiger partial charge in [0.15, 0.2) is 0 Å². The van der Waals surface area contributed by atoms with E-state index in [1.165, 1.54) is 11.4 Å². The van der Waals surface area contributed by atoms with Crippen molar-refractivity contribution < 1.29 is 13.2 Å². The van der Waals surface area contributed by atoms with E-state index in [4.69, 9.17) is 0 Å². The number of likely N-dealkylation sites (tertiary alicyclic amines) is 1. The Morgan fingerprint density at radius 1 is 1.63 bits per heavy atom. The molecule has 104 valence electrons. The van der Waals surface area contributed by atoms with Gasteiger partial charge in [-0.3, -0.25) is 4.79 Å². The molecule has 0 N–H and O–H groups in total. The van der Waals surface area contributed by atoms with E-state index in [1.54, 1.807) is 28.5 Å². The minimum absolute atomic E-state index is 0.150. The molecule has 1 amide bonds. The molecule has 1 saturated heterocycles. The van der Waals surface area contributed by atoms with E-state index in [0.717, 1.165) is 11.3 Å². The zero-order valence-corrected chi connectivity index (χ0v) is 12.3. The van der Waals surface area contributed by atoms with Crippen molar-refractivity contribution in [3.63, 3.8) is 0 Å². The second-order valence-electron chi connectivity index (χ2n) is 4.33. The fraction of sp³-hybridized carbons (Fsp3) is 0.417. The Balaban J connectivity index is 2.19. The van der Waals surface area contributed by atoms with E-state index in [2.05, 4.69) is 6.58 Å². The summed E-state index contributed by atoms with van der Waals surface area (Å²) in [6.45, 7) is 4.62. The number of nitrogens with zero attached hydrogens (tertiary/aromatic N) is 2. The smallest absolute Gasteiger partial charge is 0.253 e. The molecule has 1 fully saturated rings. The first-order valence-electron chi connectivity index (χ1n) is 5.89. The van der Waals surface area contributed by atoms with E-state index >= 15 is 0 Å². The minimum atomic E-state index is -3.57. The van der Waals surface area contributed by atoms with Crippen LogP contribution < -0.4 is 0 Å². The summed E-state index contributed by atoms with van der Waals surface area (Å²) in [5.74, 6) is -0.150. The van der Waals surface area contributed by atoms with E-state index in [-0.39, 0.29) is 10.1 Å². The van der Waals surface area contributed by atoms with E-state index in [1.807, 2.05) is 0 Å². The molecular formula is C12H16N2O3S2. The summed E-state index contributed by atoms with van der Waals surface area (Å²) in [6.07, 6.45) is 2.17. The Kier molecular flexibility index (Phi) is 4.07. The normalized spacial score (nSPS) is 20.2. The minimum Gasteiger partial charge on any atom is -0.338 e. The van der Waals surface area contributed by atoms with Crippen LogP contribution in [0.15, 0.2) is 34.4 Å². The lowest BCUT2D eigenvalue weighted by atomic mass is 10.2. The van der Waals surface area contributed by atoms with Gasteiger partial charge in [0, 0.05) is 20.1 Å². The Morgan fingerprint density at radius 3 is 2.95 bits per heavy atom. The molecule has 0 spiro atoms. The summed E-state index contributed by atoms with van der Waals surface area (Å²) >= 11 is 1.16. The van der Waals surface area contributed by atoms with Crippen LogP contribution in [0.2, 0.25) is 0 Å². The third kappa shape index (κ3) is 2.58. The third-order valence-electron chi connectivity index (χ3n) is 3.19. The van der Waals surface area contributed by atoms with Crippen LogP contribution in [0, 0.1) is 0 Å². The summed E-state index contributed by atoms with van der Waals surface area (Å²) in [5, 5.41) is 1.71. The quantitative estimate of drug-likeness (QED) is 0.767. The highest BCUT2D eigenvalue weighted by molar-refractivity contribution is 7.91. The number of thiophene rings is 1. The molecule has 0 saturated carbocycles. The molecule has 7 heteroatoms. The first-order chi connectivity index (χ1) is 8.98. The van der Waals surface area contributed by atoms with Crippen molar-refractivity contribution in [1.29, 1.82) is 0 Å². The van der Waals surface area contributed by atoms with E-state index in [0.29, 0.717) is 19.5 Å². The average Bonchev–Trinajstić information content (AvgIpc) is 3.00. The molecule has 2 heterocycles. The predicted molar refractivity (Wildman–Crippen MR) is 74.4 cm³/mol. The molecule has 0 aliphatic carbocycles. The van der Waals surface area contributed by atoms with Crippen LogP contribution in [0.1, 0.15) is 6.42 Å². The molecule has 2 rings (SSSR count). The standard InChI is InChI=1S/C12H16N2O3S2/c1-3-7-14-8-6-10(12(14)15)13(2)19(16,17)11-5-4-9-18-11/h3-5,9-10H,1,6-8H2,2H3. The molecule has 1 aromatic heterocycles. The molecule has 1 aromatic rings. The monoisotopic (exact) mass is 300 g/mol. The van der Waals surface area contributed by atoms with Crippen molar-refractivity contribution in [1.82, 2.24) is 9.21 Å². The predicted octanol–water partition coefficient (Wildman–Crippen LogP) is 1.16. The number of hydrogen-bond donors (Lipinski definition) is 0. The number of likely N-dealkylation sites (N-methyl/N-ethyl adjacent to an activating group) is 1. The topological polar surface area (TPSA) is 57.7 Å². The second kappa shape index (κ2) is 5.44. The Labute approximate surface area is 117 Å². The summed E-state index contributed by atoms with van der Waals surface area (Å²) in [6, 6.07) is 2.63. The number of carbonyl (C=O) groups excluding carboxylic acids is 1. The fourth-order valence-corrected chi connectivity index (χ4v) is 4.64. The van der Waals surface area contributed by atoms with E-state index in [9.17, 15) is 13.2 Å². The van der Waals surface area contributed by atoms with Crippen LogP contribution in [0.4, 0.5) is 0 Å². The van der Waals surface area contributed by atoms with Crippen LogP contribution in [0.25, 0.3) is 0 Å². The van der Waals surface area contributed by atoms with Crippen molar-refractivity contribution >= 4 is 27.3 Å². The summed E-state index contributed by atoms with van der Waals surface area (Å²) < 4.78 is 26.1. The highest BCUT2D eigenvalue weighted by atomic mass is 32.2. The van der Waals surface area contributed by atoms with E-state index < -0.39 is 16.1 Å². The molecule has 1 atom stereocenters. The SMILES string of the molecule is C=CCN1CCC(N(C)S(=O)(=O)c2cccs2)C1=O. The zero-order valence-electron chi connectivity index (χ0n) is 10.7. The van der Waals surface area contributed by atoms with Crippen molar-refractivity contribution in [2.45, 2.75) is 16.7 Å². The molecule has 0 radical (unpaired) electrons. The van der Waals surface area contributed by atoms with Crippen LogP contribution in [-0.2, 0) is 14.8 Å². The van der Waals surface area contributed by atoms with Crippen LogP contribution >= 0.6 is 11.3 Å². The summed E-state index contributed by atoms with van der Waals surface area (Å²) in [7, 11) is -2.10.